The summed E-state index contributed by atoms with van der Waals surface area (Å²) in [7, 11) is 0. The number of amides is 3. The Morgan fingerprint density at radius 1 is 1.24 bits per heavy atom. The molecular formula is C10H17N3O4. The number of aliphatic carboxylic acids is 1. The van der Waals surface area contributed by atoms with E-state index >= 15 is 0 Å². The molecule has 0 aromatic heterocycles. The summed E-state index contributed by atoms with van der Waals surface area (Å²) in [6.07, 6.45) is 1.67. The molecule has 0 aliphatic heterocycles. The van der Waals surface area contributed by atoms with Crippen LogP contribution in [0.3, 0.4) is 0 Å². The zero-order chi connectivity index (χ0) is 12.8. The van der Waals surface area contributed by atoms with Crippen molar-refractivity contribution in [3.63, 3.8) is 0 Å². The van der Waals surface area contributed by atoms with Crippen LogP contribution in [0.15, 0.2) is 0 Å². The molecule has 1 aliphatic carbocycles. The smallest absolute Gasteiger partial charge is 0.326 e. The van der Waals surface area contributed by atoms with E-state index in [0.717, 1.165) is 12.8 Å². The lowest BCUT2D eigenvalue weighted by molar-refractivity contribution is -0.139. The van der Waals surface area contributed by atoms with Crippen molar-refractivity contribution in [1.29, 1.82) is 0 Å². The van der Waals surface area contributed by atoms with Crippen LogP contribution in [-0.4, -0.2) is 42.1 Å². The lowest BCUT2D eigenvalue weighted by Gasteiger charge is -2.14. The Morgan fingerprint density at radius 2 is 1.82 bits per heavy atom. The van der Waals surface area contributed by atoms with E-state index in [0.29, 0.717) is 6.54 Å². The first kappa shape index (κ1) is 13.3. The molecule has 17 heavy (non-hydrogen) atoms. The predicted molar refractivity (Wildman–Crippen MR) is 59.4 cm³/mol. The van der Waals surface area contributed by atoms with E-state index < -0.39 is 18.0 Å². The number of carbonyl (C=O) groups is 3. The zero-order valence-electron chi connectivity index (χ0n) is 9.66. The first-order valence-electron chi connectivity index (χ1n) is 5.52. The number of urea groups is 1. The van der Waals surface area contributed by atoms with Crippen molar-refractivity contribution >= 4 is 17.9 Å². The van der Waals surface area contributed by atoms with Gasteiger partial charge in [-0.15, -0.1) is 0 Å². The van der Waals surface area contributed by atoms with Gasteiger partial charge in [0.2, 0.25) is 5.91 Å². The Morgan fingerprint density at radius 3 is 2.29 bits per heavy atom. The first-order chi connectivity index (χ1) is 8.00. The maximum absolute atomic E-state index is 11.3. The lowest BCUT2D eigenvalue weighted by Crippen LogP contribution is -2.48. The van der Waals surface area contributed by atoms with E-state index in [2.05, 4.69) is 16.0 Å². The minimum Gasteiger partial charge on any atom is -0.480 e. The number of hydrogen-bond acceptors (Lipinski definition) is 3. The molecule has 0 aromatic carbocycles. The third kappa shape index (κ3) is 5.19. The highest BCUT2D eigenvalue weighted by molar-refractivity contribution is 5.83. The largest absolute Gasteiger partial charge is 0.480 e. The monoisotopic (exact) mass is 243 g/mol. The molecule has 0 saturated heterocycles. The second-order valence-electron chi connectivity index (χ2n) is 4.04. The molecule has 96 valence electrons. The maximum atomic E-state index is 11.3. The summed E-state index contributed by atoms with van der Waals surface area (Å²) in [5.74, 6) is -1.13. The molecule has 1 unspecified atom stereocenters. The van der Waals surface area contributed by atoms with Crippen molar-refractivity contribution in [2.75, 3.05) is 13.1 Å². The molecule has 7 nitrogen and oxygen atoms in total. The van der Waals surface area contributed by atoms with Crippen molar-refractivity contribution in [3.8, 4) is 0 Å². The van der Waals surface area contributed by atoms with Crippen LogP contribution in [0.2, 0.25) is 0 Å². The molecule has 0 bridgehead atoms. The fourth-order valence-electron chi connectivity index (χ4n) is 1.42. The Hall–Kier alpha value is -1.79. The number of hydrogen-bond donors (Lipinski definition) is 4. The van der Waals surface area contributed by atoms with E-state index in [1.165, 1.54) is 6.92 Å². The van der Waals surface area contributed by atoms with Crippen LogP contribution in [0.5, 0.6) is 0 Å². The molecule has 3 amide bonds. The predicted octanol–water partition coefficient (Wildman–Crippen LogP) is -0.715. The van der Waals surface area contributed by atoms with Gasteiger partial charge in [0.1, 0.15) is 6.04 Å². The third-order valence-electron chi connectivity index (χ3n) is 2.43. The number of rotatable bonds is 6. The molecule has 0 spiro atoms. The highest BCUT2D eigenvalue weighted by Crippen LogP contribution is 2.32. The number of carboxylic acid groups (broad SMARTS) is 1. The summed E-state index contributed by atoms with van der Waals surface area (Å²) in [6, 6.07) is -1.33. The zero-order valence-corrected chi connectivity index (χ0v) is 9.66. The SMILES string of the molecule is CC(=O)NCCNC(=O)NC(C(=O)O)C1CC1. The van der Waals surface area contributed by atoms with Crippen molar-refractivity contribution in [3.05, 3.63) is 0 Å². The molecule has 1 fully saturated rings. The van der Waals surface area contributed by atoms with Crippen molar-refractivity contribution in [2.45, 2.75) is 25.8 Å². The molecule has 0 aromatic rings. The van der Waals surface area contributed by atoms with Crippen molar-refractivity contribution < 1.29 is 19.5 Å². The van der Waals surface area contributed by atoms with Crippen LogP contribution in [-0.2, 0) is 9.59 Å². The summed E-state index contributed by atoms with van der Waals surface area (Å²) in [5, 5.41) is 16.3. The topological polar surface area (TPSA) is 108 Å². The average molecular weight is 243 g/mol. The normalized spacial score (nSPS) is 15.8. The van der Waals surface area contributed by atoms with Crippen LogP contribution in [0, 0.1) is 5.92 Å². The van der Waals surface area contributed by atoms with E-state index in [4.69, 9.17) is 5.11 Å². The van der Waals surface area contributed by atoms with Crippen molar-refractivity contribution in [2.24, 2.45) is 5.92 Å². The highest BCUT2D eigenvalue weighted by Gasteiger charge is 2.37. The number of carbonyl (C=O) groups excluding carboxylic acids is 2. The minimum atomic E-state index is -1.01. The van der Waals surface area contributed by atoms with Gasteiger partial charge in [0.25, 0.3) is 0 Å². The van der Waals surface area contributed by atoms with Gasteiger partial charge in [-0.2, -0.15) is 0 Å². The van der Waals surface area contributed by atoms with Gasteiger partial charge in [-0.1, -0.05) is 0 Å². The summed E-state index contributed by atoms with van der Waals surface area (Å²) >= 11 is 0. The van der Waals surface area contributed by atoms with Crippen LogP contribution >= 0.6 is 0 Å². The second-order valence-corrected chi connectivity index (χ2v) is 4.04. The molecule has 1 saturated carbocycles. The first-order valence-corrected chi connectivity index (χ1v) is 5.52. The Bertz CT molecular complexity index is 315. The van der Waals surface area contributed by atoms with Gasteiger partial charge in [-0.3, -0.25) is 4.79 Å². The molecule has 0 heterocycles. The van der Waals surface area contributed by atoms with Crippen LogP contribution in [0.1, 0.15) is 19.8 Å². The average Bonchev–Trinajstić information content (AvgIpc) is 3.04. The van der Waals surface area contributed by atoms with Crippen LogP contribution in [0.25, 0.3) is 0 Å². The van der Waals surface area contributed by atoms with Crippen LogP contribution < -0.4 is 16.0 Å². The highest BCUT2D eigenvalue weighted by atomic mass is 16.4. The third-order valence-corrected chi connectivity index (χ3v) is 2.43. The van der Waals surface area contributed by atoms with E-state index in [-0.39, 0.29) is 18.4 Å². The Kier molecular flexibility index (Phi) is 4.74. The summed E-state index contributed by atoms with van der Waals surface area (Å²) < 4.78 is 0. The maximum Gasteiger partial charge on any atom is 0.326 e. The quantitative estimate of drug-likeness (QED) is 0.462. The lowest BCUT2D eigenvalue weighted by atomic mass is 10.2. The van der Waals surface area contributed by atoms with Gasteiger partial charge in [0.05, 0.1) is 0 Å². The standard InChI is InChI=1S/C10H17N3O4/c1-6(14)11-4-5-12-10(17)13-8(9(15)16)7-2-3-7/h7-8H,2-5H2,1H3,(H,11,14)(H,15,16)(H2,12,13,17). The Balaban J connectivity index is 2.18. The molecule has 4 N–H and O–H groups in total. The molecule has 1 atom stereocenters. The minimum absolute atomic E-state index is 0.0496. The Labute approximate surface area is 98.9 Å². The van der Waals surface area contributed by atoms with Gasteiger partial charge in [0, 0.05) is 20.0 Å². The molecule has 7 heteroatoms. The van der Waals surface area contributed by atoms with Gasteiger partial charge in [-0.25, -0.2) is 9.59 Å². The molecule has 1 aliphatic rings. The van der Waals surface area contributed by atoms with Gasteiger partial charge >= 0.3 is 12.0 Å². The summed E-state index contributed by atoms with van der Waals surface area (Å²) in [5.41, 5.74) is 0. The number of carboxylic acids is 1. The summed E-state index contributed by atoms with van der Waals surface area (Å²) in [6.45, 7) is 1.97. The number of nitrogens with one attached hydrogen (secondary N) is 3. The van der Waals surface area contributed by atoms with Crippen molar-refractivity contribution in [1.82, 2.24) is 16.0 Å². The molecular weight excluding hydrogens is 226 g/mol. The van der Waals surface area contributed by atoms with Gasteiger partial charge in [0.15, 0.2) is 0 Å². The van der Waals surface area contributed by atoms with Gasteiger partial charge < -0.3 is 21.1 Å². The fraction of sp³-hybridized carbons (Fsp3) is 0.700. The molecule has 1 rings (SSSR count). The van der Waals surface area contributed by atoms with E-state index in [1.54, 1.807) is 0 Å². The summed E-state index contributed by atoms with van der Waals surface area (Å²) in [4.78, 5) is 32.7. The van der Waals surface area contributed by atoms with Gasteiger partial charge in [-0.05, 0) is 18.8 Å². The van der Waals surface area contributed by atoms with E-state index in [9.17, 15) is 14.4 Å². The molecule has 0 radical (unpaired) electrons. The fourth-order valence-corrected chi connectivity index (χ4v) is 1.42. The van der Waals surface area contributed by atoms with E-state index in [1.807, 2.05) is 0 Å². The second kappa shape index (κ2) is 6.07. The van der Waals surface area contributed by atoms with Crippen LogP contribution in [0.4, 0.5) is 4.79 Å².